The minimum absolute atomic E-state index is 0.00174. The molecule has 5 heteroatoms. The van der Waals surface area contributed by atoms with Crippen LogP contribution in [-0.4, -0.2) is 50.2 Å². The number of amides is 1. The molecule has 1 amide bonds. The second-order valence-corrected chi connectivity index (χ2v) is 6.67. The third-order valence-electron chi connectivity index (χ3n) is 4.51. The Kier molecular flexibility index (Phi) is 6.63. The van der Waals surface area contributed by atoms with Crippen LogP contribution in [-0.2, 0) is 16.0 Å². The van der Waals surface area contributed by atoms with Gasteiger partial charge in [-0.15, -0.1) is 0 Å². The molecule has 5 nitrogen and oxygen atoms in total. The Hall–Kier alpha value is -2.37. The van der Waals surface area contributed by atoms with Crippen molar-refractivity contribution in [3.8, 4) is 0 Å². The van der Waals surface area contributed by atoms with E-state index in [4.69, 9.17) is 4.74 Å². The summed E-state index contributed by atoms with van der Waals surface area (Å²) >= 11 is 0. The monoisotopic (exact) mass is 353 g/mol. The largest absolute Gasteiger partial charge is 0.384 e. The van der Waals surface area contributed by atoms with Gasteiger partial charge in [0.2, 0.25) is 5.91 Å². The summed E-state index contributed by atoms with van der Waals surface area (Å²) in [5, 5.41) is 6.37. The van der Waals surface area contributed by atoms with Crippen molar-refractivity contribution in [2.75, 3.05) is 50.0 Å². The summed E-state index contributed by atoms with van der Waals surface area (Å²) in [6.07, 6.45) is 0.389. The number of carbonyl (C=O) groups excluding carboxylic acids is 1. The third-order valence-corrected chi connectivity index (χ3v) is 4.51. The highest BCUT2D eigenvalue weighted by atomic mass is 16.5. The predicted molar refractivity (Wildman–Crippen MR) is 106 cm³/mol. The molecule has 0 bridgehead atoms. The Balaban J connectivity index is 1.41. The molecule has 0 radical (unpaired) electrons. The van der Waals surface area contributed by atoms with Crippen LogP contribution in [0.2, 0.25) is 0 Å². The van der Waals surface area contributed by atoms with E-state index in [0.717, 1.165) is 56.3 Å². The smallest absolute Gasteiger partial charge is 0.228 e. The zero-order chi connectivity index (χ0) is 18.2. The Bertz CT molecular complexity index is 692. The molecule has 1 heterocycles. The van der Waals surface area contributed by atoms with Crippen LogP contribution in [0.5, 0.6) is 0 Å². The van der Waals surface area contributed by atoms with Gasteiger partial charge in [0.1, 0.15) is 0 Å². The first-order valence-corrected chi connectivity index (χ1v) is 9.18. The minimum atomic E-state index is 0.00174. The lowest BCUT2D eigenvalue weighted by Gasteiger charge is -2.26. The average Bonchev–Trinajstić information content (AvgIpc) is 2.66. The van der Waals surface area contributed by atoms with Crippen LogP contribution in [0.3, 0.4) is 0 Å². The minimum Gasteiger partial charge on any atom is -0.384 e. The number of morpholine rings is 1. The maximum atomic E-state index is 12.2. The van der Waals surface area contributed by atoms with Crippen LogP contribution in [0.15, 0.2) is 48.5 Å². The summed E-state index contributed by atoms with van der Waals surface area (Å²) in [5.74, 6) is 0.00174. The van der Waals surface area contributed by atoms with E-state index in [9.17, 15) is 4.79 Å². The van der Waals surface area contributed by atoms with E-state index in [-0.39, 0.29) is 5.91 Å². The highest BCUT2D eigenvalue weighted by Gasteiger charge is 2.09. The van der Waals surface area contributed by atoms with Gasteiger partial charge in [0.05, 0.1) is 19.6 Å². The molecule has 2 aromatic carbocycles. The molecule has 0 saturated carbocycles. The zero-order valence-corrected chi connectivity index (χ0v) is 15.3. The quantitative estimate of drug-likeness (QED) is 0.804. The molecule has 138 valence electrons. The van der Waals surface area contributed by atoms with Gasteiger partial charge in [0.15, 0.2) is 0 Å². The number of nitrogens with zero attached hydrogens (tertiary/aromatic N) is 1. The summed E-state index contributed by atoms with van der Waals surface area (Å²) in [6.45, 7) is 7.63. The first-order valence-electron chi connectivity index (χ1n) is 9.18. The predicted octanol–water partition coefficient (Wildman–Crippen LogP) is 2.92. The van der Waals surface area contributed by atoms with E-state index in [1.54, 1.807) is 0 Å². The molecule has 0 spiro atoms. The SMILES string of the molecule is Cc1ccc(CC(=O)Nc2ccc(NCCN3CCOCC3)cc2)cc1. The number of ether oxygens (including phenoxy) is 1. The number of carbonyl (C=O) groups is 1. The van der Waals surface area contributed by atoms with Crippen LogP contribution in [0.4, 0.5) is 11.4 Å². The van der Waals surface area contributed by atoms with Crippen molar-refractivity contribution in [2.45, 2.75) is 13.3 Å². The number of benzene rings is 2. The second-order valence-electron chi connectivity index (χ2n) is 6.67. The van der Waals surface area contributed by atoms with Crippen LogP contribution in [0, 0.1) is 6.92 Å². The van der Waals surface area contributed by atoms with Gasteiger partial charge in [-0.1, -0.05) is 29.8 Å². The van der Waals surface area contributed by atoms with Gasteiger partial charge in [-0.2, -0.15) is 0 Å². The number of hydrogen-bond donors (Lipinski definition) is 2. The Labute approximate surface area is 155 Å². The third kappa shape index (κ3) is 5.86. The average molecular weight is 353 g/mol. The van der Waals surface area contributed by atoms with E-state index in [0.29, 0.717) is 6.42 Å². The van der Waals surface area contributed by atoms with Crippen LogP contribution >= 0.6 is 0 Å². The molecule has 2 aromatic rings. The fourth-order valence-electron chi connectivity index (χ4n) is 2.95. The Morgan fingerprint density at radius 1 is 1.00 bits per heavy atom. The maximum absolute atomic E-state index is 12.2. The highest BCUT2D eigenvalue weighted by molar-refractivity contribution is 5.92. The van der Waals surface area contributed by atoms with Crippen molar-refractivity contribution in [2.24, 2.45) is 0 Å². The Morgan fingerprint density at radius 2 is 1.65 bits per heavy atom. The molecule has 0 aromatic heterocycles. The van der Waals surface area contributed by atoms with Crippen LogP contribution < -0.4 is 10.6 Å². The molecule has 2 N–H and O–H groups in total. The standard InChI is InChI=1S/C21H27N3O2/c1-17-2-4-18(5-3-17)16-21(25)23-20-8-6-19(7-9-20)22-10-11-24-12-14-26-15-13-24/h2-9,22H,10-16H2,1H3,(H,23,25). The van der Waals surface area contributed by atoms with Gasteiger partial charge < -0.3 is 15.4 Å². The van der Waals surface area contributed by atoms with Crippen molar-refractivity contribution in [1.82, 2.24) is 4.90 Å². The van der Waals surface area contributed by atoms with Gasteiger partial charge in [-0.05, 0) is 36.8 Å². The number of anilines is 2. The lowest BCUT2D eigenvalue weighted by Crippen LogP contribution is -2.38. The zero-order valence-electron chi connectivity index (χ0n) is 15.3. The van der Waals surface area contributed by atoms with E-state index < -0.39 is 0 Å². The van der Waals surface area contributed by atoms with Gasteiger partial charge in [-0.25, -0.2) is 0 Å². The lowest BCUT2D eigenvalue weighted by atomic mass is 10.1. The topological polar surface area (TPSA) is 53.6 Å². The fraction of sp³-hybridized carbons (Fsp3) is 0.381. The van der Waals surface area contributed by atoms with E-state index in [2.05, 4.69) is 15.5 Å². The molecule has 1 fully saturated rings. The molecule has 1 saturated heterocycles. The van der Waals surface area contributed by atoms with Gasteiger partial charge in [-0.3, -0.25) is 9.69 Å². The molecule has 0 atom stereocenters. The molecule has 1 aliphatic rings. The molecule has 1 aliphatic heterocycles. The molecular weight excluding hydrogens is 326 g/mol. The summed E-state index contributed by atoms with van der Waals surface area (Å²) < 4.78 is 5.36. The molecule has 0 aliphatic carbocycles. The molecular formula is C21H27N3O2. The summed E-state index contributed by atoms with van der Waals surface area (Å²) in [5.41, 5.74) is 4.11. The molecule has 26 heavy (non-hydrogen) atoms. The second kappa shape index (κ2) is 9.36. The van der Waals surface area contributed by atoms with Crippen molar-refractivity contribution in [3.63, 3.8) is 0 Å². The van der Waals surface area contributed by atoms with Crippen molar-refractivity contribution in [1.29, 1.82) is 0 Å². The summed E-state index contributed by atoms with van der Waals surface area (Å²) in [6, 6.07) is 15.9. The summed E-state index contributed by atoms with van der Waals surface area (Å²) in [4.78, 5) is 14.6. The first-order chi connectivity index (χ1) is 12.7. The Morgan fingerprint density at radius 3 is 2.35 bits per heavy atom. The summed E-state index contributed by atoms with van der Waals surface area (Å²) in [7, 11) is 0. The van der Waals surface area contributed by atoms with Crippen LogP contribution in [0.1, 0.15) is 11.1 Å². The van der Waals surface area contributed by atoms with E-state index >= 15 is 0 Å². The molecule has 0 unspecified atom stereocenters. The number of rotatable bonds is 7. The van der Waals surface area contributed by atoms with Crippen molar-refractivity contribution < 1.29 is 9.53 Å². The van der Waals surface area contributed by atoms with Gasteiger partial charge in [0.25, 0.3) is 0 Å². The fourth-order valence-corrected chi connectivity index (χ4v) is 2.95. The lowest BCUT2D eigenvalue weighted by molar-refractivity contribution is -0.115. The highest BCUT2D eigenvalue weighted by Crippen LogP contribution is 2.14. The van der Waals surface area contributed by atoms with E-state index in [1.165, 1.54) is 5.56 Å². The normalized spacial score (nSPS) is 14.8. The van der Waals surface area contributed by atoms with Crippen LogP contribution in [0.25, 0.3) is 0 Å². The molecule has 3 rings (SSSR count). The van der Waals surface area contributed by atoms with Crippen molar-refractivity contribution >= 4 is 17.3 Å². The number of hydrogen-bond acceptors (Lipinski definition) is 4. The van der Waals surface area contributed by atoms with E-state index in [1.807, 2.05) is 55.5 Å². The van der Waals surface area contributed by atoms with Gasteiger partial charge >= 0.3 is 0 Å². The van der Waals surface area contributed by atoms with Crippen molar-refractivity contribution in [3.05, 3.63) is 59.7 Å². The van der Waals surface area contributed by atoms with Gasteiger partial charge in [0, 0.05) is 37.6 Å². The first kappa shape index (κ1) is 18.4. The number of nitrogens with one attached hydrogen (secondary N) is 2. The maximum Gasteiger partial charge on any atom is 0.228 e. The number of aryl methyl sites for hydroxylation is 1.